The Labute approximate surface area is 102 Å². The van der Waals surface area contributed by atoms with Crippen molar-refractivity contribution in [2.75, 3.05) is 12.8 Å². The first-order valence-electron chi connectivity index (χ1n) is 5.91. The van der Waals surface area contributed by atoms with Crippen molar-refractivity contribution in [1.82, 2.24) is 10.3 Å². The van der Waals surface area contributed by atoms with Gasteiger partial charge in [0.1, 0.15) is 0 Å². The van der Waals surface area contributed by atoms with Crippen LogP contribution in [0.2, 0.25) is 0 Å². The van der Waals surface area contributed by atoms with Gasteiger partial charge in [-0.3, -0.25) is 4.98 Å². The maximum absolute atomic E-state index is 4.17. The Kier molecular flexibility index (Phi) is 3.87. The van der Waals surface area contributed by atoms with Gasteiger partial charge >= 0.3 is 0 Å². The second-order valence-electron chi connectivity index (χ2n) is 4.65. The normalized spacial score (nSPS) is 18.1. The van der Waals surface area contributed by atoms with Crippen LogP contribution in [0.3, 0.4) is 0 Å². The predicted octanol–water partition coefficient (Wildman–Crippen LogP) is 2.77. The van der Waals surface area contributed by atoms with Crippen LogP contribution in [0.1, 0.15) is 30.4 Å². The van der Waals surface area contributed by atoms with Gasteiger partial charge in [-0.1, -0.05) is 6.42 Å². The summed E-state index contributed by atoms with van der Waals surface area (Å²) in [7, 11) is 0. The van der Waals surface area contributed by atoms with Gasteiger partial charge < -0.3 is 5.32 Å². The molecular weight excluding hydrogens is 216 g/mol. The fraction of sp³-hybridized carbons (Fsp3) is 0.615. The lowest BCUT2D eigenvalue weighted by Crippen LogP contribution is -2.43. The van der Waals surface area contributed by atoms with Gasteiger partial charge in [0, 0.05) is 30.2 Å². The number of hydrogen-bond acceptors (Lipinski definition) is 3. The summed E-state index contributed by atoms with van der Waals surface area (Å²) in [6, 6.07) is 2.07. The standard InChI is InChI=1S/C13H20N2S/c1-11-4-7-14-8-12(11)9-15-10-13(16-2)5-3-6-13/h4,7-8,15H,3,5-6,9-10H2,1-2H3. The van der Waals surface area contributed by atoms with Crippen molar-refractivity contribution in [3.05, 3.63) is 29.6 Å². The molecule has 0 spiro atoms. The molecular formula is C13H20N2S. The van der Waals surface area contributed by atoms with E-state index in [0.717, 1.165) is 13.1 Å². The van der Waals surface area contributed by atoms with Crippen LogP contribution in [0.4, 0.5) is 0 Å². The first-order chi connectivity index (χ1) is 7.76. The Morgan fingerprint density at radius 3 is 2.88 bits per heavy atom. The molecule has 2 nitrogen and oxygen atoms in total. The molecule has 2 rings (SSSR count). The number of hydrogen-bond donors (Lipinski definition) is 1. The van der Waals surface area contributed by atoms with Crippen molar-refractivity contribution in [2.45, 2.75) is 37.5 Å². The van der Waals surface area contributed by atoms with E-state index in [4.69, 9.17) is 0 Å². The van der Waals surface area contributed by atoms with E-state index in [9.17, 15) is 0 Å². The number of thioether (sulfide) groups is 1. The minimum atomic E-state index is 0.524. The molecule has 16 heavy (non-hydrogen) atoms. The molecule has 1 N–H and O–H groups in total. The summed E-state index contributed by atoms with van der Waals surface area (Å²) in [5, 5.41) is 3.58. The molecule has 0 saturated heterocycles. The molecule has 1 aliphatic rings. The monoisotopic (exact) mass is 236 g/mol. The molecule has 3 heteroatoms. The highest BCUT2D eigenvalue weighted by molar-refractivity contribution is 8.00. The SMILES string of the molecule is CSC1(CNCc2cnccc2C)CCC1. The van der Waals surface area contributed by atoms with Crippen LogP contribution in [0, 0.1) is 6.92 Å². The second-order valence-corrected chi connectivity index (χ2v) is 5.92. The first kappa shape index (κ1) is 11.9. The Balaban J connectivity index is 1.82. The fourth-order valence-corrected chi connectivity index (χ4v) is 3.07. The molecule has 88 valence electrons. The lowest BCUT2D eigenvalue weighted by molar-refractivity contribution is 0.345. The van der Waals surface area contributed by atoms with Gasteiger partial charge in [-0.05, 0) is 43.2 Å². The number of nitrogens with zero attached hydrogens (tertiary/aromatic N) is 1. The van der Waals surface area contributed by atoms with Crippen molar-refractivity contribution in [3.8, 4) is 0 Å². The topological polar surface area (TPSA) is 24.9 Å². The van der Waals surface area contributed by atoms with Crippen LogP contribution < -0.4 is 5.32 Å². The highest BCUT2D eigenvalue weighted by Gasteiger charge is 2.35. The van der Waals surface area contributed by atoms with E-state index in [1.165, 1.54) is 30.4 Å². The zero-order chi connectivity index (χ0) is 11.4. The number of nitrogens with one attached hydrogen (secondary N) is 1. The quantitative estimate of drug-likeness (QED) is 0.851. The van der Waals surface area contributed by atoms with E-state index in [1.54, 1.807) is 0 Å². The molecule has 0 aliphatic heterocycles. The number of rotatable bonds is 5. The maximum atomic E-state index is 4.17. The van der Waals surface area contributed by atoms with Crippen molar-refractivity contribution in [3.63, 3.8) is 0 Å². The second kappa shape index (κ2) is 5.19. The Morgan fingerprint density at radius 2 is 2.31 bits per heavy atom. The van der Waals surface area contributed by atoms with Gasteiger partial charge in [0.15, 0.2) is 0 Å². The van der Waals surface area contributed by atoms with E-state index in [2.05, 4.69) is 29.5 Å². The third-order valence-corrected chi connectivity index (χ3v) is 5.03. The molecule has 1 heterocycles. The minimum absolute atomic E-state index is 0.524. The van der Waals surface area contributed by atoms with Gasteiger partial charge in [-0.25, -0.2) is 0 Å². The summed E-state index contributed by atoms with van der Waals surface area (Å²) >= 11 is 2.02. The van der Waals surface area contributed by atoms with Gasteiger partial charge in [-0.15, -0.1) is 0 Å². The summed E-state index contributed by atoms with van der Waals surface area (Å²) in [6.07, 6.45) is 10.2. The molecule has 0 atom stereocenters. The third-order valence-electron chi connectivity index (χ3n) is 3.61. The summed E-state index contributed by atoms with van der Waals surface area (Å²) in [4.78, 5) is 4.17. The summed E-state index contributed by atoms with van der Waals surface area (Å²) < 4.78 is 0.524. The fourth-order valence-electron chi connectivity index (χ4n) is 2.13. The summed E-state index contributed by atoms with van der Waals surface area (Å²) in [6.45, 7) is 4.22. The molecule has 1 aliphatic carbocycles. The Hall–Kier alpha value is -0.540. The molecule has 0 amide bonds. The average Bonchev–Trinajstić information content (AvgIpc) is 2.25. The largest absolute Gasteiger partial charge is 0.311 e. The lowest BCUT2D eigenvalue weighted by Gasteiger charge is -2.40. The minimum Gasteiger partial charge on any atom is -0.311 e. The Morgan fingerprint density at radius 1 is 1.50 bits per heavy atom. The highest BCUT2D eigenvalue weighted by Crippen LogP contribution is 2.42. The molecule has 0 radical (unpaired) electrons. The third kappa shape index (κ3) is 2.58. The van der Waals surface area contributed by atoms with E-state index >= 15 is 0 Å². The molecule has 0 aromatic carbocycles. The summed E-state index contributed by atoms with van der Waals surface area (Å²) in [5.41, 5.74) is 2.65. The van der Waals surface area contributed by atoms with Crippen molar-refractivity contribution >= 4 is 11.8 Å². The van der Waals surface area contributed by atoms with Gasteiger partial charge in [0.25, 0.3) is 0 Å². The molecule has 1 aromatic rings. The zero-order valence-electron chi connectivity index (χ0n) is 10.1. The molecule has 0 unspecified atom stereocenters. The van der Waals surface area contributed by atoms with Crippen molar-refractivity contribution < 1.29 is 0 Å². The molecule has 1 saturated carbocycles. The molecule has 1 fully saturated rings. The average molecular weight is 236 g/mol. The van der Waals surface area contributed by atoms with Crippen LogP contribution in [0.5, 0.6) is 0 Å². The van der Waals surface area contributed by atoms with Crippen molar-refractivity contribution in [2.24, 2.45) is 0 Å². The van der Waals surface area contributed by atoms with Crippen molar-refractivity contribution in [1.29, 1.82) is 0 Å². The van der Waals surface area contributed by atoms with E-state index in [0.29, 0.717) is 4.75 Å². The lowest BCUT2D eigenvalue weighted by atomic mass is 9.84. The van der Waals surface area contributed by atoms with Gasteiger partial charge in [0.2, 0.25) is 0 Å². The van der Waals surface area contributed by atoms with Crippen LogP contribution in [-0.2, 0) is 6.54 Å². The smallest absolute Gasteiger partial charge is 0.0315 e. The maximum Gasteiger partial charge on any atom is 0.0315 e. The van der Waals surface area contributed by atoms with Crippen LogP contribution in [-0.4, -0.2) is 22.5 Å². The van der Waals surface area contributed by atoms with Crippen LogP contribution in [0.25, 0.3) is 0 Å². The van der Waals surface area contributed by atoms with Gasteiger partial charge in [0.05, 0.1) is 0 Å². The Bertz CT molecular complexity index is 342. The molecule has 0 bridgehead atoms. The summed E-state index contributed by atoms with van der Waals surface area (Å²) in [5.74, 6) is 0. The van der Waals surface area contributed by atoms with E-state index in [-0.39, 0.29) is 0 Å². The number of aromatic nitrogens is 1. The van der Waals surface area contributed by atoms with Gasteiger partial charge in [-0.2, -0.15) is 11.8 Å². The first-order valence-corrected chi connectivity index (χ1v) is 7.14. The van der Waals surface area contributed by atoms with Crippen LogP contribution >= 0.6 is 11.8 Å². The van der Waals surface area contributed by atoms with E-state index < -0.39 is 0 Å². The highest BCUT2D eigenvalue weighted by atomic mass is 32.2. The number of aryl methyl sites for hydroxylation is 1. The van der Waals surface area contributed by atoms with Crippen LogP contribution in [0.15, 0.2) is 18.5 Å². The zero-order valence-corrected chi connectivity index (χ0v) is 10.9. The van der Waals surface area contributed by atoms with E-state index in [1.807, 2.05) is 24.2 Å². The predicted molar refractivity (Wildman–Crippen MR) is 70.8 cm³/mol. The number of pyridine rings is 1. The molecule has 1 aromatic heterocycles.